The van der Waals surface area contributed by atoms with Gasteiger partial charge in [-0.2, -0.15) is 0 Å². The highest BCUT2D eigenvalue weighted by molar-refractivity contribution is 7.47. The molecule has 0 saturated heterocycles. The molecule has 0 aliphatic rings. The molecule has 19 heteroatoms. The van der Waals surface area contributed by atoms with E-state index < -0.39 is 97.5 Å². The quantitative estimate of drug-likeness (QED) is 0.0169. The van der Waals surface area contributed by atoms with E-state index in [1.54, 1.807) is 12.2 Å². The van der Waals surface area contributed by atoms with Crippen LogP contribution in [0, 0.1) is 0 Å². The van der Waals surface area contributed by atoms with Gasteiger partial charge in [-0.25, -0.2) is 9.13 Å². The highest BCUT2D eigenvalue weighted by atomic mass is 31.2. The van der Waals surface area contributed by atoms with Crippen molar-refractivity contribution in [2.24, 2.45) is 0 Å². The molecule has 0 aromatic heterocycles. The molecule has 588 valence electrons. The molecule has 0 spiro atoms. The van der Waals surface area contributed by atoms with E-state index >= 15 is 0 Å². The first-order chi connectivity index (χ1) is 50.7. The minimum Gasteiger partial charge on any atom is -0.462 e. The SMILES string of the molecule is CC/C=C\C/C=C\C/C=C\C/C=C\C/C=C\CCCCCC(=O)OCC(COP(=O)(O)OCC(O)COP(=O)(O)OCC(COC(=O)CCCCCC/C=C\C/C=C\C/C=C\C/C=C\CC)OC(=O)CCCCCCC/C=C\CCCCCC)OC(=O)C/C=C\C/C=C\C/C=C\C/C=C\C/C=C\CC. The van der Waals surface area contributed by atoms with Crippen LogP contribution in [0.15, 0.2) is 182 Å². The molecule has 0 saturated carbocycles. The fourth-order valence-corrected chi connectivity index (χ4v) is 11.1. The van der Waals surface area contributed by atoms with Crippen LogP contribution < -0.4 is 0 Å². The van der Waals surface area contributed by atoms with Gasteiger partial charge in [0, 0.05) is 19.3 Å². The monoisotopic (exact) mass is 1490 g/mol. The zero-order valence-corrected chi connectivity index (χ0v) is 65.9. The molecular weight excluding hydrogens is 1350 g/mol. The van der Waals surface area contributed by atoms with Crippen LogP contribution in [-0.2, 0) is 65.4 Å². The van der Waals surface area contributed by atoms with Gasteiger partial charge in [-0.1, -0.05) is 268 Å². The topological polar surface area (TPSA) is 237 Å². The first kappa shape index (κ1) is 98.2. The van der Waals surface area contributed by atoms with E-state index in [9.17, 15) is 43.2 Å². The number of carbonyl (C=O) groups is 4. The van der Waals surface area contributed by atoms with E-state index in [0.29, 0.717) is 25.7 Å². The predicted molar refractivity (Wildman–Crippen MR) is 426 cm³/mol. The van der Waals surface area contributed by atoms with E-state index in [0.717, 1.165) is 167 Å². The lowest BCUT2D eigenvalue weighted by molar-refractivity contribution is -0.161. The van der Waals surface area contributed by atoms with Gasteiger partial charge in [0.25, 0.3) is 0 Å². The predicted octanol–water partition coefficient (Wildman–Crippen LogP) is 22.8. The Hall–Kier alpha value is -5.84. The largest absolute Gasteiger partial charge is 0.472 e. The second-order valence-electron chi connectivity index (χ2n) is 25.2. The van der Waals surface area contributed by atoms with Crippen molar-refractivity contribution in [1.82, 2.24) is 0 Å². The Bertz CT molecular complexity index is 2690. The van der Waals surface area contributed by atoms with Gasteiger partial charge in [0.15, 0.2) is 12.2 Å². The van der Waals surface area contributed by atoms with Crippen molar-refractivity contribution in [3.8, 4) is 0 Å². The maximum absolute atomic E-state index is 13.1. The molecule has 0 aromatic carbocycles. The van der Waals surface area contributed by atoms with Gasteiger partial charge in [-0.05, 0) is 161 Å². The van der Waals surface area contributed by atoms with Crippen molar-refractivity contribution in [1.29, 1.82) is 0 Å². The molecule has 5 atom stereocenters. The lowest BCUT2D eigenvalue weighted by atomic mass is 10.1. The summed E-state index contributed by atoms with van der Waals surface area (Å²) in [7, 11) is -10.0. The fraction of sp³-hybridized carbons (Fsp3) is 0.600. The highest BCUT2D eigenvalue weighted by Crippen LogP contribution is 2.45. The fourth-order valence-electron chi connectivity index (χ4n) is 9.54. The number of aliphatic hydroxyl groups excluding tert-OH is 1. The third-order valence-electron chi connectivity index (χ3n) is 15.4. The normalized spacial score (nSPS) is 14.9. The number of hydrogen-bond acceptors (Lipinski definition) is 15. The number of aliphatic hydroxyl groups is 1. The molecule has 5 unspecified atom stereocenters. The molecule has 0 aliphatic heterocycles. The Morgan fingerprint density at radius 2 is 0.538 bits per heavy atom. The van der Waals surface area contributed by atoms with Crippen LogP contribution in [-0.4, -0.2) is 96.7 Å². The lowest BCUT2D eigenvalue weighted by Gasteiger charge is -2.21. The number of phosphoric acid groups is 2. The first-order valence-corrected chi connectivity index (χ1v) is 42.0. The van der Waals surface area contributed by atoms with Gasteiger partial charge < -0.3 is 33.8 Å². The van der Waals surface area contributed by atoms with Crippen molar-refractivity contribution < 1.29 is 80.2 Å². The average Bonchev–Trinajstić information content (AvgIpc) is 0.911. The Morgan fingerprint density at radius 1 is 0.288 bits per heavy atom. The number of unbranched alkanes of at least 4 members (excludes halogenated alkanes) is 16. The molecule has 0 bridgehead atoms. The Morgan fingerprint density at radius 3 is 0.875 bits per heavy atom. The van der Waals surface area contributed by atoms with E-state index in [-0.39, 0.29) is 25.7 Å². The third-order valence-corrected chi connectivity index (χ3v) is 17.3. The molecule has 0 radical (unpaired) electrons. The van der Waals surface area contributed by atoms with Crippen LogP contribution in [0.25, 0.3) is 0 Å². The molecule has 0 fully saturated rings. The highest BCUT2D eigenvalue weighted by Gasteiger charge is 2.30. The van der Waals surface area contributed by atoms with Crippen molar-refractivity contribution >= 4 is 39.5 Å². The van der Waals surface area contributed by atoms with Gasteiger partial charge in [-0.3, -0.25) is 37.3 Å². The number of rotatable bonds is 71. The van der Waals surface area contributed by atoms with Crippen LogP contribution in [0.4, 0.5) is 0 Å². The Kier molecular flexibility index (Phi) is 71.2. The van der Waals surface area contributed by atoms with Gasteiger partial charge in [0.05, 0.1) is 32.8 Å². The van der Waals surface area contributed by atoms with Crippen LogP contribution in [0.1, 0.15) is 272 Å². The molecule has 0 amide bonds. The van der Waals surface area contributed by atoms with Crippen molar-refractivity contribution in [2.75, 3.05) is 39.6 Å². The Labute approximate surface area is 628 Å². The third kappa shape index (κ3) is 74.4. The molecular formula is C85H136O17P2. The molecule has 0 aliphatic carbocycles. The van der Waals surface area contributed by atoms with Gasteiger partial charge in [0.2, 0.25) is 0 Å². The number of phosphoric ester groups is 2. The molecule has 17 nitrogen and oxygen atoms in total. The number of hydrogen-bond donors (Lipinski definition) is 3. The minimum atomic E-state index is -5.02. The van der Waals surface area contributed by atoms with E-state index in [1.807, 2.05) is 12.2 Å². The number of carbonyl (C=O) groups excluding carboxylic acids is 4. The summed E-state index contributed by atoms with van der Waals surface area (Å²) in [5.41, 5.74) is 0. The summed E-state index contributed by atoms with van der Waals surface area (Å²) in [5, 5.41) is 10.6. The van der Waals surface area contributed by atoms with Crippen LogP contribution in [0.5, 0.6) is 0 Å². The smallest absolute Gasteiger partial charge is 0.462 e. The first-order valence-electron chi connectivity index (χ1n) is 39.0. The van der Waals surface area contributed by atoms with Crippen LogP contribution in [0.2, 0.25) is 0 Å². The number of allylic oxidation sites excluding steroid dienone is 29. The second-order valence-corrected chi connectivity index (χ2v) is 28.1. The maximum Gasteiger partial charge on any atom is 0.472 e. The maximum atomic E-state index is 13.1. The van der Waals surface area contributed by atoms with E-state index in [2.05, 4.69) is 186 Å². The average molecular weight is 1490 g/mol. The molecule has 3 N–H and O–H groups in total. The van der Waals surface area contributed by atoms with E-state index in [1.165, 1.54) is 25.7 Å². The van der Waals surface area contributed by atoms with E-state index in [4.69, 9.17) is 37.0 Å². The van der Waals surface area contributed by atoms with Crippen molar-refractivity contribution in [3.63, 3.8) is 0 Å². The minimum absolute atomic E-state index is 0.0697. The summed E-state index contributed by atoms with van der Waals surface area (Å²) < 4.78 is 68.3. The second kappa shape index (κ2) is 75.4. The molecule has 0 rings (SSSR count). The van der Waals surface area contributed by atoms with Crippen LogP contribution in [0.3, 0.4) is 0 Å². The number of esters is 4. The molecule has 0 heterocycles. The summed E-state index contributed by atoms with van der Waals surface area (Å²) in [6.07, 6.45) is 90.5. The van der Waals surface area contributed by atoms with Gasteiger partial charge >= 0.3 is 39.5 Å². The zero-order chi connectivity index (χ0) is 76.0. The summed E-state index contributed by atoms with van der Waals surface area (Å²) in [6.45, 7) is 4.30. The van der Waals surface area contributed by atoms with Gasteiger partial charge in [0.1, 0.15) is 19.3 Å². The van der Waals surface area contributed by atoms with Gasteiger partial charge in [-0.15, -0.1) is 0 Å². The standard InChI is InChI=1S/C85H136O17P2/c1-5-9-13-17-21-25-29-33-36-38-39-41-44-47-50-54-58-62-66-70-83(88)96-76-81(102-85(90)72-68-64-60-56-52-48-42-35-31-27-23-19-15-11-7-3)78-100-104(93,94)98-74-79(86)73-97-103(91,92)99-77-80(101-84(89)71-67-63-59-55-51-45-32-28-24-20-16-12-8-4)75-95-82(87)69-65-61-57-53-49-46-43-40-37-34-30-26-22-18-14-10-6-2/h9-11,13-15,21-23,25-28,32-37,39,41-43,46-47,50,52,56,64,68,79-81,86H,5-8,12,16-20,24,29-31,38,40,44-45,48-49,51,53-55,57-63,65-67,69-78H2,1-4H3,(H,91,92)(H,93,94)/b13-9-,14-10-,15-11-,25-21-,26-22-,27-23-,32-28-,36-33-,37-34-,41-39-,42-35-,46-43-,50-47-,56-52-,68-64-. The summed E-state index contributed by atoms with van der Waals surface area (Å²) in [5.74, 6) is -2.42. The van der Waals surface area contributed by atoms with Crippen molar-refractivity contribution in [3.05, 3.63) is 182 Å². The lowest BCUT2D eigenvalue weighted by Crippen LogP contribution is -2.30. The zero-order valence-electron chi connectivity index (χ0n) is 64.1. The van der Waals surface area contributed by atoms with Crippen LogP contribution >= 0.6 is 15.6 Å². The molecule has 104 heavy (non-hydrogen) atoms. The number of ether oxygens (including phenoxy) is 4. The Balaban J connectivity index is 5.49. The van der Waals surface area contributed by atoms with Crippen molar-refractivity contribution in [2.45, 2.75) is 290 Å². The summed E-state index contributed by atoms with van der Waals surface area (Å²) >= 11 is 0. The summed E-state index contributed by atoms with van der Waals surface area (Å²) in [4.78, 5) is 72.9. The molecule has 0 aromatic rings. The summed E-state index contributed by atoms with van der Waals surface area (Å²) in [6, 6.07) is 0.